The first-order valence-electron chi connectivity index (χ1n) is 5.98. The lowest BCUT2D eigenvalue weighted by molar-refractivity contribution is -0.124. The Morgan fingerprint density at radius 3 is 2.67 bits per heavy atom. The van der Waals surface area contributed by atoms with Crippen LogP contribution in [0.4, 0.5) is 0 Å². The fourth-order valence-electron chi connectivity index (χ4n) is 1.52. The van der Waals surface area contributed by atoms with Crippen LogP contribution >= 0.6 is 31.9 Å². The van der Waals surface area contributed by atoms with E-state index in [1.54, 1.807) is 6.07 Å². The number of amides is 1. The summed E-state index contributed by atoms with van der Waals surface area (Å²) in [4.78, 5) is 23.2. The summed E-state index contributed by atoms with van der Waals surface area (Å²) < 4.78 is 11.2. The van der Waals surface area contributed by atoms with E-state index in [0.29, 0.717) is 11.2 Å². The quantitative estimate of drug-likeness (QED) is 0.759. The van der Waals surface area contributed by atoms with Gasteiger partial charge in [0.2, 0.25) is 5.76 Å². The third kappa shape index (κ3) is 5.02. The zero-order valence-corrected chi connectivity index (χ0v) is 13.9. The number of furan rings is 1. The van der Waals surface area contributed by atoms with Gasteiger partial charge in [0.05, 0.1) is 0 Å². The molecular formula is C14H11Br2NO4. The third-order valence-electron chi connectivity index (χ3n) is 2.49. The second kappa shape index (κ2) is 7.42. The van der Waals surface area contributed by atoms with Gasteiger partial charge in [-0.2, -0.15) is 0 Å². The van der Waals surface area contributed by atoms with Crippen LogP contribution in [0.25, 0.3) is 0 Å². The normalized spacial score (nSPS) is 10.2. The van der Waals surface area contributed by atoms with E-state index in [2.05, 4.69) is 37.2 Å². The lowest BCUT2D eigenvalue weighted by Crippen LogP contribution is -2.28. The van der Waals surface area contributed by atoms with E-state index in [1.807, 2.05) is 24.3 Å². The van der Waals surface area contributed by atoms with Crippen molar-refractivity contribution in [1.82, 2.24) is 5.32 Å². The molecule has 0 saturated carbocycles. The molecule has 2 aromatic rings. The largest absolute Gasteiger partial charge is 0.450 e. The van der Waals surface area contributed by atoms with E-state index < -0.39 is 5.97 Å². The summed E-state index contributed by atoms with van der Waals surface area (Å²) in [6.07, 6.45) is 0. The molecule has 0 spiro atoms. The van der Waals surface area contributed by atoms with Crippen molar-refractivity contribution < 1.29 is 18.7 Å². The van der Waals surface area contributed by atoms with Crippen molar-refractivity contribution in [3.05, 3.63) is 56.9 Å². The predicted octanol–water partition coefficient (Wildman–Crippen LogP) is 3.28. The number of ether oxygens (including phenoxy) is 1. The highest BCUT2D eigenvalue weighted by atomic mass is 79.9. The molecule has 2 rings (SSSR count). The van der Waals surface area contributed by atoms with E-state index in [1.165, 1.54) is 6.07 Å². The van der Waals surface area contributed by atoms with Crippen LogP contribution in [0.15, 0.2) is 50.0 Å². The van der Waals surface area contributed by atoms with Gasteiger partial charge in [-0.1, -0.05) is 28.1 Å². The van der Waals surface area contributed by atoms with E-state index in [-0.39, 0.29) is 18.3 Å². The van der Waals surface area contributed by atoms with Crippen LogP contribution in [-0.4, -0.2) is 18.5 Å². The van der Waals surface area contributed by atoms with Gasteiger partial charge in [0, 0.05) is 11.0 Å². The summed E-state index contributed by atoms with van der Waals surface area (Å²) in [6, 6.07) is 10.6. The Kier molecular flexibility index (Phi) is 5.58. The molecule has 1 aromatic carbocycles. The molecule has 0 saturated heterocycles. The fraction of sp³-hybridized carbons (Fsp3) is 0.143. The van der Waals surface area contributed by atoms with Crippen molar-refractivity contribution in [2.24, 2.45) is 0 Å². The first-order valence-corrected chi connectivity index (χ1v) is 7.57. The van der Waals surface area contributed by atoms with Gasteiger partial charge in [-0.25, -0.2) is 4.79 Å². The molecule has 1 heterocycles. The lowest BCUT2D eigenvalue weighted by Gasteiger charge is -2.06. The molecule has 1 aromatic heterocycles. The number of hydrogen-bond acceptors (Lipinski definition) is 4. The summed E-state index contributed by atoms with van der Waals surface area (Å²) in [5.41, 5.74) is 0.944. The van der Waals surface area contributed by atoms with E-state index in [9.17, 15) is 9.59 Å². The number of carbonyl (C=O) groups is 2. The van der Waals surface area contributed by atoms with Crippen molar-refractivity contribution >= 4 is 43.7 Å². The van der Waals surface area contributed by atoms with Crippen molar-refractivity contribution in [3.63, 3.8) is 0 Å². The molecule has 1 N–H and O–H groups in total. The van der Waals surface area contributed by atoms with Crippen LogP contribution in [0.1, 0.15) is 16.1 Å². The van der Waals surface area contributed by atoms with E-state index >= 15 is 0 Å². The molecule has 0 unspecified atom stereocenters. The molecule has 7 heteroatoms. The SMILES string of the molecule is O=C(COC(=O)c1ccc(Br)o1)NCc1cccc(Br)c1. The number of hydrogen-bond donors (Lipinski definition) is 1. The maximum Gasteiger partial charge on any atom is 0.374 e. The number of rotatable bonds is 5. The summed E-state index contributed by atoms with van der Waals surface area (Å²) in [5, 5.41) is 2.66. The summed E-state index contributed by atoms with van der Waals surface area (Å²) in [5.74, 6) is -1.02. The van der Waals surface area contributed by atoms with Crippen LogP contribution in [0.2, 0.25) is 0 Å². The Hall–Kier alpha value is -1.60. The standard InChI is InChI=1S/C14H11Br2NO4/c15-10-3-1-2-9(6-10)7-17-13(18)8-20-14(19)11-4-5-12(16)21-11/h1-6H,7-8H2,(H,17,18). The van der Waals surface area contributed by atoms with E-state index in [4.69, 9.17) is 9.15 Å². The molecule has 0 bridgehead atoms. The summed E-state index contributed by atoms with van der Waals surface area (Å²) in [7, 11) is 0. The van der Waals surface area contributed by atoms with Crippen LogP contribution < -0.4 is 5.32 Å². The van der Waals surface area contributed by atoms with Crippen LogP contribution in [0.3, 0.4) is 0 Å². The van der Waals surface area contributed by atoms with Crippen LogP contribution in [0.5, 0.6) is 0 Å². The monoisotopic (exact) mass is 415 g/mol. The summed E-state index contributed by atoms with van der Waals surface area (Å²) in [6.45, 7) is 0.00722. The molecular weight excluding hydrogens is 406 g/mol. The molecule has 21 heavy (non-hydrogen) atoms. The zero-order chi connectivity index (χ0) is 15.2. The Balaban J connectivity index is 1.76. The van der Waals surface area contributed by atoms with Gasteiger partial charge < -0.3 is 14.5 Å². The minimum absolute atomic E-state index is 0.0432. The Labute approximate surface area is 137 Å². The second-order valence-electron chi connectivity index (χ2n) is 4.09. The minimum atomic E-state index is -0.682. The minimum Gasteiger partial charge on any atom is -0.450 e. The molecule has 0 fully saturated rings. The smallest absolute Gasteiger partial charge is 0.374 e. The Morgan fingerprint density at radius 2 is 2.00 bits per heavy atom. The van der Waals surface area contributed by atoms with Crippen molar-refractivity contribution in [1.29, 1.82) is 0 Å². The third-order valence-corrected chi connectivity index (χ3v) is 3.41. The van der Waals surface area contributed by atoms with Crippen LogP contribution in [-0.2, 0) is 16.1 Å². The lowest BCUT2D eigenvalue weighted by atomic mass is 10.2. The summed E-state index contributed by atoms with van der Waals surface area (Å²) >= 11 is 6.43. The van der Waals surface area contributed by atoms with Gasteiger partial charge in [0.25, 0.3) is 5.91 Å². The first-order chi connectivity index (χ1) is 10.0. The molecule has 0 aliphatic carbocycles. The van der Waals surface area contributed by atoms with E-state index in [0.717, 1.165) is 10.0 Å². The molecule has 1 amide bonds. The Morgan fingerprint density at radius 1 is 1.19 bits per heavy atom. The highest BCUT2D eigenvalue weighted by Gasteiger charge is 2.13. The van der Waals surface area contributed by atoms with Crippen molar-refractivity contribution in [2.45, 2.75) is 6.54 Å². The number of benzene rings is 1. The van der Waals surface area contributed by atoms with Gasteiger partial charge in [0.15, 0.2) is 11.3 Å². The molecule has 0 radical (unpaired) electrons. The maximum absolute atomic E-state index is 11.6. The second-order valence-corrected chi connectivity index (χ2v) is 5.78. The Bertz CT molecular complexity index is 654. The van der Waals surface area contributed by atoms with Gasteiger partial charge >= 0.3 is 5.97 Å². The molecule has 0 aliphatic heterocycles. The molecule has 110 valence electrons. The average Bonchev–Trinajstić information content (AvgIpc) is 2.89. The topological polar surface area (TPSA) is 68.5 Å². The maximum atomic E-state index is 11.6. The zero-order valence-electron chi connectivity index (χ0n) is 10.8. The highest BCUT2D eigenvalue weighted by molar-refractivity contribution is 9.10. The highest BCUT2D eigenvalue weighted by Crippen LogP contribution is 2.14. The average molecular weight is 417 g/mol. The predicted molar refractivity (Wildman–Crippen MR) is 82.7 cm³/mol. The molecule has 0 aliphatic rings. The van der Waals surface area contributed by atoms with Gasteiger partial charge in [-0.3, -0.25) is 4.79 Å². The fourth-order valence-corrected chi connectivity index (χ4v) is 2.28. The first kappa shape index (κ1) is 15.8. The molecule has 0 atom stereocenters. The molecule has 5 nitrogen and oxygen atoms in total. The van der Waals surface area contributed by atoms with Crippen molar-refractivity contribution in [2.75, 3.05) is 6.61 Å². The van der Waals surface area contributed by atoms with Crippen molar-refractivity contribution in [3.8, 4) is 0 Å². The number of halogens is 2. The number of nitrogens with one attached hydrogen (secondary N) is 1. The van der Waals surface area contributed by atoms with Gasteiger partial charge in [-0.05, 0) is 45.8 Å². The van der Waals surface area contributed by atoms with Crippen LogP contribution in [0, 0.1) is 0 Å². The number of esters is 1. The number of carbonyl (C=O) groups excluding carboxylic acids is 2. The van der Waals surface area contributed by atoms with Gasteiger partial charge in [0.1, 0.15) is 0 Å². The van der Waals surface area contributed by atoms with Gasteiger partial charge in [-0.15, -0.1) is 0 Å².